The van der Waals surface area contributed by atoms with Crippen LogP contribution < -0.4 is 16.1 Å². The maximum atomic E-state index is 13.3. The molecular formula is C29H43N5O3Si. The minimum atomic E-state index is -2.89. The number of nitrogens with two attached hydrogens (primary N) is 1. The van der Waals surface area contributed by atoms with E-state index in [2.05, 4.69) is 86.3 Å². The van der Waals surface area contributed by atoms with Crippen LogP contribution in [-0.4, -0.2) is 56.2 Å². The molecule has 2 aromatic rings. The third-order valence-electron chi connectivity index (χ3n) is 7.68. The van der Waals surface area contributed by atoms with Gasteiger partial charge in [0.05, 0.1) is 12.1 Å². The summed E-state index contributed by atoms with van der Waals surface area (Å²) in [5, 5.41) is 5.75. The highest BCUT2D eigenvalue weighted by Gasteiger charge is 2.60. The second-order valence-electron chi connectivity index (χ2n) is 11.4. The molecule has 1 heterocycles. The average molecular weight is 538 g/mol. The van der Waals surface area contributed by atoms with Crippen molar-refractivity contribution in [1.29, 1.82) is 0 Å². The zero-order valence-electron chi connectivity index (χ0n) is 23.6. The number of nitrogens with zero attached hydrogens (tertiary/aromatic N) is 4. The number of carbonyl (C=O) groups is 1. The van der Waals surface area contributed by atoms with Gasteiger partial charge in [-0.3, -0.25) is 4.90 Å². The molecule has 1 fully saturated rings. The molecule has 0 aliphatic carbocycles. The summed E-state index contributed by atoms with van der Waals surface area (Å²) in [5.41, 5.74) is 14.2. The van der Waals surface area contributed by atoms with Crippen LogP contribution in [0.4, 0.5) is 4.79 Å². The lowest BCUT2D eigenvalue weighted by Gasteiger charge is -2.49. The number of amides is 1. The van der Waals surface area contributed by atoms with Gasteiger partial charge in [-0.2, -0.15) is 0 Å². The third-order valence-corrected chi connectivity index (χ3v) is 12.7. The van der Waals surface area contributed by atoms with E-state index in [0.717, 1.165) is 0 Å². The molecule has 0 spiro atoms. The fourth-order valence-electron chi connectivity index (χ4n) is 6.04. The monoisotopic (exact) mass is 537 g/mol. The zero-order valence-corrected chi connectivity index (χ0v) is 24.6. The fourth-order valence-corrected chi connectivity index (χ4v) is 10.9. The Bertz CT molecular complexity index is 1060. The Morgan fingerprint density at radius 2 is 1.68 bits per heavy atom. The van der Waals surface area contributed by atoms with Gasteiger partial charge in [0.25, 0.3) is 8.32 Å². The minimum absolute atomic E-state index is 0.215. The lowest BCUT2D eigenvalue weighted by molar-refractivity contribution is -0.0563. The van der Waals surface area contributed by atoms with Crippen LogP contribution in [0.1, 0.15) is 60.8 Å². The number of carbonyl (C=O) groups excluding carboxylic acids is 1. The molecular weight excluding hydrogens is 494 g/mol. The van der Waals surface area contributed by atoms with Gasteiger partial charge in [-0.25, -0.2) is 4.79 Å². The summed E-state index contributed by atoms with van der Waals surface area (Å²) in [6.45, 7) is 13.6. The Kier molecular flexibility index (Phi) is 9.65. The Hall–Kier alpha value is -2.84. The van der Waals surface area contributed by atoms with Crippen molar-refractivity contribution in [3.05, 3.63) is 71.1 Å². The molecule has 9 heteroatoms. The molecule has 0 saturated carbocycles. The van der Waals surface area contributed by atoms with E-state index in [9.17, 15) is 4.79 Å². The lowest BCUT2D eigenvalue weighted by Crippen LogP contribution is -2.70. The molecule has 2 aromatic carbocycles. The summed E-state index contributed by atoms with van der Waals surface area (Å²) in [6, 6.07) is 20.3. The SMILES string of the molecule is CC[C@@H](O[Si](c1ccccc1)(c1ccccc1)C(C)(C)C)[C@@]1(C)OC(=O)N(CCCCN=[N+]=[N-])[C@@H]1[C@@H](C)N. The van der Waals surface area contributed by atoms with Crippen molar-refractivity contribution >= 4 is 24.8 Å². The Balaban J connectivity index is 2.07. The molecule has 1 aliphatic heterocycles. The Morgan fingerprint density at radius 1 is 1.13 bits per heavy atom. The topological polar surface area (TPSA) is 114 Å². The van der Waals surface area contributed by atoms with Crippen molar-refractivity contribution in [2.24, 2.45) is 10.8 Å². The molecule has 206 valence electrons. The van der Waals surface area contributed by atoms with Crippen LogP contribution in [0.15, 0.2) is 65.8 Å². The van der Waals surface area contributed by atoms with E-state index in [1.165, 1.54) is 10.4 Å². The fraction of sp³-hybridized carbons (Fsp3) is 0.552. The van der Waals surface area contributed by atoms with Gasteiger partial charge < -0.3 is 14.9 Å². The molecule has 8 nitrogen and oxygen atoms in total. The summed E-state index contributed by atoms with van der Waals surface area (Å²) < 4.78 is 13.7. The molecule has 4 atom stereocenters. The average Bonchev–Trinajstić information content (AvgIpc) is 3.15. The Morgan fingerprint density at radius 3 is 2.13 bits per heavy atom. The minimum Gasteiger partial charge on any atom is -0.438 e. The second kappa shape index (κ2) is 12.3. The zero-order chi connectivity index (χ0) is 28.0. The molecule has 38 heavy (non-hydrogen) atoms. The maximum Gasteiger partial charge on any atom is 0.410 e. The standard InChI is InChI=1S/C29H43N5O3Si/c1-7-25(29(6)26(22(2)30)34(27(35)36-29)21-15-14-20-32-33-31)37-38(28(3,4)5,23-16-10-8-11-17-23)24-18-12-9-13-19-24/h8-13,16-19,22,25-26H,7,14-15,20-21,30H2,1-6H3/t22-,25-,26-,29-/m1/s1. The molecule has 0 radical (unpaired) electrons. The highest BCUT2D eigenvalue weighted by molar-refractivity contribution is 6.99. The van der Waals surface area contributed by atoms with Crippen LogP contribution >= 0.6 is 0 Å². The number of benzene rings is 2. The first-order chi connectivity index (χ1) is 18.0. The van der Waals surface area contributed by atoms with Crippen LogP contribution in [0.25, 0.3) is 10.4 Å². The van der Waals surface area contributed by atoms with Gasteiger partial charge in [0.15, 0.2) is 5.60 Å². The molecule has 3 rings (SSSR count). The highest BCUT2D eigenvalue weighted by Crippen LogP contribution is 2.43. The van der Waals surface area contributed by atoms with Gasteiger partial charge in [-0.15, -0.1) is 0 Å². The van der Waals surface area contributed by atoms with E-state index in [-0.39, 0.29) is 29.3 Å². The molecule has 1 aliphatic rings. The second-order valence-corrected chi connectivity index (χ2v) is 15.6. The van der Waals surface area contributed by atoms with Gasteiger partial charge in [0.1, 0.15) is 0 Å². The van der Waals surface area contributed by atoms with Crippen molar-refractivity contribution in [2.75, 3.05) is 13.1 Å². The smallest absolute Gasteiger partial charge is 0.410 e. The number of ether oxygens (including phenoxy) is 1. The van der Waals surface area contributed by atoms with Gasteiger partial charge >= 0.3 is 6.09 Å². The van der Waals surface area contributed by atoms with Gasteiger partial charge in [0, 0.05) is 24.0 Å². The van der Waals surface area contributed by atoms with Crippen LogP contribution in [0.2, 0.25) is 5.04 Å². The van der Waals surface area contributed by atoms with E-state index < -0.39 is 13.9 Å². The van der Waals surface area contributed by atoms with E-state index in [1.807, 2.05) is 26.0 Å². The molecule has 2 N–H and O–H groups in total. The first-order valence-corrected chi connectivity index (χ1v) is 15.5. The number of hydrogen-bond donors (Lipinski definition) is 1. The van der Waals surface area contributed by atoms with Crippen molar-refractivity contribution in [1.82, 2.24) is 4.90 Å². The van der Waals surface area contributed by atoms with E-state index in [1.54, 1.807) is 4.90 Å². The van der Waals surface area contributed by atoms with Crippen molar-refractivity contribution < 1.29 is 14.0 Å². The number of cyclic esters (lactones) is 1. The quantitative estimate of drug-likeness (QED) is 0.129. The predicted octanol–water partition coefficient (Wildman–Crippen LogP) is 5.36. The van der Waals surface area contributed by atoms with Crippen LogP contribution in [-0.2, 0) is 9.16 Å². The van der Waals surface area contributed by atoms with Crippen LogP contribution in [0.5, 0.6) is 0 Å². The van der Waals surface area contributed by atoms with Crippen molar-refractivity contribution in [2.45, 2.75) is 89.6 Å². The summed E-state index contributed by atoms with van der Waals surface area (Å²) in [6.07, 6.45) is 1.28. The highest BCUT2D eigenvalue weighted by atomic mass is 28.4. The molecule has 0 aromatic heterocycles. The van der Waals surface area contributed by atoms with Gasteiger partial charge in [-0.1, -0.05) is 93.5 Å². The van der Waals surface area contributed by atoms with Gasteiger partial charge in [0.2, 0.25) is 0 Å². The Labute approximate surface area is 228 Å². The molecule has 0 unspecified atom stereocenters. The summed E-state index contributed by atoms with van der Waals surface area (Å²) >= 11 is 0. The predicted molar refractivity (Wildman–Crippen MR) is 155 cm³/mol. The van der Waals surface area contributed by atoms with E-state index in [0.29, 0.717) is 32.4 Å². The first-order valence-electron chi connectivity index (χ1n) is 13.6. The van der Waals surface area contributed by atoms with Crippen LogP contribution in [0.3, 0.4) is 0 Å². The van der Waals surface area contributed by atoms with Crippen molar-refractivity contribution in [3.8, 4) is 0 Å². The summed E-state index contributed by atoms with van der Waals surface area (Å²) in [7, 11) is -2.89. The van der Waals surface area contributed by atoms with Crippen molar-refractivity contribution in [3.63, 3.8) is 0 Å². The number of unbranched alkanes of at least 4 members (excludes halogenated alkanes) is 1. The lowest BCUT2D eigenvalue weighted by atomic mass is 9.85. The number of rotatable bonds is 12. The summed E-state index contributed by atoms with van der Waals surface area (Å²) in [5.74, 6) is 0. The molecule has 1 amide bonds. The molecule has 0 bridgehead atoms. The number of azide groups is 1. The number of hydrogen-bond acceptors (Lipinski definition) is 5. The normalized spacial score (nSPS) is 21.5. The largest absolute Gasteiger partial charge is 0.438 e. The summed E-state index contributed by atoms with van der Waals surface area (Å²) in [4.78, 5) is 17.8. The van der Waals surface area contributed by atoms with E-state index >= 15 is 0 Å². The van der Waals surface area contributed by atoms with E-state index in [4.69, 9.17) is 20.4 Å². The maximum absolute atomic E-state index is 13.3. The van der Waals surface area contributed by atoms with Crippen LogP contribution in [0, 0.1) is 0 Å². The van der Waals surface area contributed by atoms with Gasteiger partial charge in [-0.05, 0) is 54.1 Å². The third kappa shape index (κ3) is 5.76. The first kappa shape index (κ1) is 29.7. The molecule has 1 saturated heterocycles.